The number of hydrogen-bond donors (Lipinski definition) is 3. The standard InChI is InChI=1S/C26H26N9O3P/c1-38-25-17(19-13-23(39(2,3)37)35(34-19)16-7-8-16)5-4-6-18(25)30-20-12-22(32-33-24(20)26(28)36)31-21-11-15(14-27)9-10-29-21/h4-6,9-13,16H,7-8H2,1-3H3,(H2,28,36)(H2,29,30,31,32). The molecule has 1 aliphatic carbocycles. The Morgan fingerprint density at radius 2 is 1.92 bits per heavy atom. The average molecular weight is 544 g/mol. The van der Waals surface area contributed by atoms with Gasteiger partial charge < -0.3 is 25.7 Å². The number of methoxy groups -OCH3 is 1. The first-order chi connectivity index (χ1) is 18.7. The molecule has 39 heavy (non-hydrogen) atoms. The third-order valence-electron chi connectivity index (χ3n) is 6.10. The molecule has 0 atom stereocenters. The largest absolute Gasteiger partial charge is 0.494 e. The number of rotatable bonds is 9. The smallest absolute Gasteiger partial charge is 0.271 e. The summed E-state index contributed by atoms with van der Waals surface area (Å²) in [5, 5.41) is 28.1. The number of anilines is 4. The fourth-order valence-electron chi connectivity index (χ4n) is 4.14. The van der Waals surface area contributed by atoms with E-state index in [-0.39, 0.29) is 23.2 Å². The molecule has 1 aliphatic rings. The summed E-state index contributed by atoms with van der Waals surface area (Å²) in [4.78, 5) is 16.3. The minimum Gasteiger partial charge on any atom is -0.494 e. The van der Waals surface area contributed by atoms with Crippen LogP contribution >= 0.6 is 7.14 Å². The highest BCUT2D eigenvalue weighted by atomic mass is 31.2. The van der Waals surface area contributed by atoms with E-state index in [1.165, 1.54) is 13.3 Å². The number of amides is 1. The molecule has 198 valence electrons. The van der Waals surface area contributed by atoms with Crippen LogP contribution in [-0.4, -0.2) is 51.3 Å². The molecular formula is C26H26N9O3P. The predicted molar refractivity (Wildman–Crippen MR) is 148 cm³/mol. The van der Waals surface area contributed by atoms with E-state index in [1.54, 1.807) is 37.6 Å². The summed E-state index contributed by atoms with van der Waals surface area (Å²) in [6.45, 7) is 3.47. The van der Waals surface area contributed by atoms with E-state index in [4.69, 9.17) is 20.8 Å². The highest BCUT2D eigenvalue weighted by Crippen LogP contribution is 2.44. The molecule has 0 spiro atoms. The van der Waals surface area contributed by atoms with Gasteiger partial charge in [0.15, 0.2) is 17.3 Å². The molecule has 1 fully saturated rings. The van der Waals surface area contributed by atoms with E-state index in [1.807, 2.05) is 29.0 Å². The lowest BCUT2D eigenvalue weighted by Gasteiger charge is -2.16. The Balaban J connectivity index is 1.53. The summed E-state index contributed by atoms with van der Waals surface area (Å²) in [6, 6.07) is 14.3. The Hall–Kier alpha value is -4.75. The van der Waals surface area contributed by atoms with Gasteiger partial charge in [0.05, 0.1) is 47.3 Å². The van der Waals surface area contributed by atoms with Gasteiger partial charge in [-0.25, -0.2) is 4.98 Å². The van der Waals surface area contributed by atoms with Crippen LogP contribution in [-0.2, 0) is 4.57 Å². The van der Waals surface area contributed by atoms with Crippen molar-refractivity contribution in [3.8, 4) is 23.1 Å². The Kier molecular flexibility index (Phi) is 6.76. The van der Waals surface area contributed by atoms with Crippen LogP contribution in [0.1, 0.15) is 34.9 Å². The molecule has 5 rings (SSSR count). The number of para-hydroxylation sites is 1. The van der Waals surface area contributed by atoms with E-state index < -0.39 is 13.0 Å². The minimum atomic E-state index is -2.57. The summed E-state index contributed by atoms with van der Waals surface area (Å²) < 4.78 is 20.6. The van der Waals surface area contributed by atoms with Crippen molar-refractivity contribution in [2.24, 2.45) is 5.73 Å². The molecule has 13 heteroatoms. The van der Waals surface area contributed by atoms with Gasteiger partial charge in [0.2, 0.25) is 0 Å². The van der Waals surface area contributed by atoms with Gasteiger partial charge in [0, 0.05) is 17.8 Å². The van der Waals surface area contributed by atoms with Gasteiger partial charge in [-0.05, 0) is 56.5 Å². The number of carbonyl (C=O) groups excluding carboxylic acids is 1. The van der Waals surface area contributed by atoms with Crippen LogP contribution in [0.2, 0.25) is 0 Å². The highest BCUT2D eigenvalue weighted by molar-refractivity contribution is 7.69. The average Bonchev–Trinajstić information content (AvgIpc) is 3.65. The molecule has 1 saturated carbocycles. The summed E-state index contributed by atoms with van der Waals surface area (Å²) in [5.74, 6) is 0.351. The number of nitrogens with one attached hydrogen (secondary N) is 2. The zero-order valence-electron chi connectivity index (χ0n) is 21.5. The van der Waals surface area contributed by atoms with Crippen LogP contribution in [0.3, 0.4) is 0 Å². The molecule has 1 amide bonds. The van der Waals surface area contributed by atoms with Crippen molar-refractivity contribution >= 4 is 41.5 Å². The van der Waals surface area contributed by atoms with E-state index >= 15 is 0 Å². The lowest BCUT2D eigenvalue weighted by atomic mass is 10.1. The Bertz CT molecular complexity index is 1670. The molecule has 0 bridgehead atoms. The summed E-state index contributed by atoms with van der Waals surface area (Å²) in [5.41, 5.74) is 8.77. The van der Waals surface area contributed by atoms with Crippen molar-refractivity contribution in [1.29, 1.82) is 5.26 Å². The van der Waals surface area contributed by atoms with Crippen molar-refractivity contribution in [3.63, 3.8) is 0 Å². The summed E-state index contributed by atoms with van der Waals surface area (Å²) in [6.07, 6.45) is 3.50. The lowest BCUT2D eigenvalue weighted by molar-refractivity contribution is 0.0995. The fourth-order valence-corrected chi connectivity index (χ4v) is 5.27. The molecule has 4 N–H and O–H groups in total. The van der Waals surface area contributed by atoms with Crippen molar-refractivity contribution < 1.29 is 14.1 Å². The molecule has 0 radical (unpaired) electrons. The lowest BCUT2D eigenvalue weighted by Crippen LogP contribution is -2.17. The number of pyridine rings is 1. The van der Waals surface area contributed by atoms with Gasteiger partial charge >= 0.3 is 0 Å². The molecule has 3 aromatic heterocycles. The zero-order valence-corrected chi connectivity index (χ0v) is 22.4. The number of nitrogens with zero attached hydrogens (tertiary/aromatic N) is 6. The Morgan fingerprint density at radius 1 is 1.13 bits per heavy atom. The van der Waals surface area contributed by atoms with Gasteiger partial charge in [0.25, 0.3) is 5.91 Å². The zero-order chi connectivity index (χ0) is 27.7. The number of nitrogens with two attached hydrogens (primary N) is 1. The molecule has 4 aromatic rings. The van der Waals surface area contributed by atoms with Crippen LogP contribution < -0.4 is 26.5 Å². The number of primary amides is 1. The predicted octanol–water partition coefficient (Wildman–Crippen LogP) is 3.78. The van der Waals surface area contributed by atoms with Gasteiger partial charge in [-0.15, -0.1) is 10.2 Å². The molecule has 0 aliphatic heterocycles. The van der Waals surface area contributed by atoms with Crippen LogP contribution in [0.25, 0.3) is 11.3 Å². The number of nitriles is 1. The Morgan fingerprint density at radius 3 is 2.59 bits per heavy atom. The second-order valence-corrected chi connectivity index (χ2v) is 12.6. The molecule has 3 heterocycles. The normalized spacial score (nSPS) is 13.0. The first kappa shape index (κ1) is 25.9. The minimum absolute atomic E-state index is 0.0788. The molecule has 0 saturated heterocycles. The second kappa shape index (κ2) is 10.2. The third-order valence-corrected chi connectivity index (χ3v) is 7.53. The first-order valence-electron chi connectivity index (χ1n) is 12.1. The molecular weight excluding hydrogens is 517 g/mol. The molecule has 12 nitrogen and oxygen atoms in total. The van der Waals surface area contributed by atoms with Gasteiger partial charge in [-0.3, -0.25) is 9.48 Å². The summed E-state index contributed by atoms with van der Waals surface area (Å²) >= 11 is 0. The van der Waals surface area contributed by atoms with Crippen LogP contribution in [0.15, 0.2) is 48.7 Å². The number of ether oxygens (including phenoxy) is 1. The SMILES string of the molecule is COc1c(Nc2cc(Nc3cc(C#N)ccn3)nnc2C(N)=O)cccc1-c1cc(P(C)(C)=O)n(C2CC2)n1. The third kappa shape index (κ3) is 5.44. The maximum absolute atomic E-state index is 13.0. The second-order valence-electron chi connectivity index (χ2n) is 9.45. The maximum atomic E-state index is 13.0. The van der Waals surface area contributed by atoms with Crippen LogP contribution in [0.5, 0.6) is 5.75 Å². The van der Waals surface area contributed by atoms with E-state index in [0.717, 1.165) is 18.3 Å². The highest BCUT2D eigenvalue weighted by Gasteiger charge is 2.32. The van der Waals surface area contributed by atoms with Crippen molar-refractivity contribution in [2.45, 2.75) is 18.9 Å². The van der Waals surface area contributed by atoms with Crippen molar-refractivity contribution in [2.75, 3.05) is 31.1 Å². The molecule has 0 unspecified atom stereocenters. The summed E-state index contributed by atoms with van der Waals surface area (Å²) in [7, 11) is -1.03. The van der Waals surface area contributed by atoms with Crippen LogP contribution in [0, 0.1) is 11.3 Å². The van der Waals surface area contributed by atoms with Gasteiger partial charge in [0.1, 0.15) is 13.0 Å². The number of benzene rings is 1. The van der Waals surface area contributed by atoms with Crippen LogP contribution in [0.4, 0.5) is 23.0 Å². The monoisotopic (exact) mass is 543 g/mol. The first-order valence-corrected chi connectivity index (χ1v) is 14.7. The van der Waals surface area contributed by atoms with Gasteiger partial charge in [-0.1, -0.05) is 6.07 Å². The molecule has 1 aromatic carbocycles. The van der Waals surface area contributed by atoms with Crippen molar-refractivity contribution in [1.82, 2.24) is 25.0 Å². The topological polar surface area (TPSA) is 174 Å². The number of aromatic nitrogens is 5. The van der Waals surface area contributed by atoms with E-state index in [2.05, 4.69) is 25.8 Å². The number of carbonyl (C=O) groups is 1. The fraction of sp³-hybridized carbons (Fsp3) is 0.231. The van der Waals surface area contributed by atoms with Crippen molar-refractivity contribution in [3.05, 3.63) is 59.9 Å². The quantitative estimate of drug-likeness (QED) is 0.264. The van der Waals surface area contributed by atoms with E-state index in [9.17, 15) is 9.36 Å². The Labute approximate surface area is 224 Å². The van der Waals surface area contributed by atoms with Gasteiger partial charge in [-0.2, -0.15) is 10.4 Å². The maximum Gasteiger partial charge on any atom is 0.271 e. The van der Waals surface area contributed by atoms with E-state index in [0.29, 0.717) is 34.1 Å². The number of hydrogen-bond acceptors (Lipinski definition) is 10.